The third kappa shape index (κ3) is 34.5. The van der Waals surface area contributed by atoms with E-state index < -0.39 is 18.1 Å². The van der Waals surface area contributed by atoms with Crippen LogP contribution >= 0.6 is 0 Å². The fourth-order valence-corrected chi connectivity index (χ4v) is 5.74. The Labute approximate surface area is 324 Å². The quantitative estimate of drug-likeness (QED) is 0.0224. The van der Waals surface area contributed by atoms with Crippen molar-refractivity contribution >= 4 is 17.9 Å². The highest BCUT2D eigenvalue weighted by Gasteiger charge is 2.31. The predicted octanol–water partition coefficient (Wildman–Crippen LogP) is 11.0. The normalized spacial score (nSPS) is 13.6. The molecule has 0 radical (unpaired) electrons. The summed E-state index contributed by atoms with van der Waals surface area (Å²) in [6, 6.07) is -0.624. The van der Waals surface area contributed by atoms with Crippen molar-refractivity contribution in [1.29, 1.82) is 0 Å². The van der Waals surface area contributed by atoms with Crippen molar-refractivity contribution in [2.75, 3.05) is 41.0 Å². The number of rotatable bonds is 36. The van der Waals surface area contributed by atoms with Crippen molar-refractivity contribution in [2.45, 2.75) is 167 Å². The average Bonchev–Trinajstić information content (AvgIpc) is 3.11. The van der Waals surface area contributed by atoms with Crippen LogP contribution in [0.15, 0.2) is 60.8 Å². The molecule has 304 valence electrons. The van der Waals surface area contributed by atoms with Crippen molar-refractivity contribution in [3.05, 3.63) is 60.8 Å². The van der Waals surface area contributed by atoms with Crippen LogP contribution in [0.2, 0.25) is 0 Å². The minimum Gasteiger partial charge on any atom is -0.477 e. The zero-order valence-corrected chi connectivity index (χ0v) is 34.4. The molecule has 8 nitrogen and oxygen atoms in total. The predicted molar refractivity (Wildman–Crippen MR) is 220 cm³/mol. The van der Waals surface area contributed by atoms with E-state index in [4.69, 9.17) is 14.2 Å². The minimum atomic E-state index is -0.886. The third-order valence-electron chi connectivity index (χ3n) is 9.00. The first kappa shape index (κ1) is 50.0. The molecule has 0 aliphatic carbocycles. The van der Waals surface area contributed by atoms with E-state index in [0.717, 1.165) is 57.8 Å². The molecular formula is C45H78NO7+. The SMILES string of the molecule is CC/C=C/C=C/C=C/C=C/CCCCCC(=O)OC(COCCC(C(=O)O)[N+](C)(C)C)COC(=O)CCCCCCC/C=C/CCCCCCCCC. The van der Waals surface area contributed by atoms with Crippen LogP contribution in [0.1, 0.15) is 155 Å². The van der Waals surface area contributed by atoms with E-state index in [1.54, 1.807) is 0 Å². The van der Waals surface area contributed by atoms with Crippen LogP contribution < -0.4 is 0 Å². The van der Waals surface area contributed by atoms with E-state index in [1.165, 1.54) is 57.8 Å². The number of ether oxygens (including phenoxy) is 3. The standard InChI is InChI=1S/C45H77NO7/c1-6-8-10-12-14-16-18-20-21-22-24-25-27-29-31-33-35-43(47)52-40-41(39-51-38-37-42(45(49)50)46(3,4)5)53-44(48)36-34-32-30-28-26-23-19-17-15-13-11-9-7-2/h9,11,13,15,17,19,21-23,26,41-42H,6-8,10,12,14,16,18,20,24-25,27-40H2,1-5H3/p+1/b11-9+,15-13+,19-17+,22-21+,26-23+. The highest BCUT2D eigenvalue weighted by Crippen LogP contribution is 2.13. The van der Waals surface area contributed by atoms with Crippen LogP contribution in [0, 0.1) is 0 Å². The molecule has 0 aliphatic rings. The molecule has 1 N–H and O–H groups in total. The van der Waals surface area contributed by atoms with Gasteiger partial charge in [-0.05, 0) is 57.8 Å². The summed E-state index contributed by atoms with van der Waals surface area (Å²) >= 11 is 0. The zero-order chi connectivity index (χ0) is 39.3. The number of likely N-dealkylation sites (N-methyl/N-ethyl adjacent to an activating group) is 1. The summed E-state index contributed by atoms with van der Waals surface area (Å²) < 4.78 is 17.2. The number of hydrogen-bond donors (Lipinski definition) is 1. The minimum absolute atomic E-state index is 0.0401. The molecule has 0 rings (SSSR count). The molecule has 0 heterocycles. The fourth-order valence-electron chi connectivity index (χ4n) is 5.74. The van der Waals surface area contributed by atoms with Gasteiger partial charge in [-0.3, -0.25) is 9.59 Å². The Balaban J connectivity index is 4.44. The first-order valence-corrected chi connectivity index (χ1v) is 20.9. The second-order valence-electron chi connectivity index (χ2n) is 15.0. The number of carboxylic acid groups (broad SMARTS) is 1. The lowest BCUT2D eigenvalue weighted by molar-refractivity contribution is -0.887. The Morgan fingerprint density at radius 3 is 1.64 bits per heavy atom. The lowest BCUT2D eigenvalue weighted by atomic mass is 10.1. The number of esters is 2. The van der Waals surface area contributed by atoms with E-state index in [9.17, 15) is 19.5 Å². The monoisotopic (exact) mass is 745 g/mol. The van der Waals surface area contributed by atoms with Gasteiger partial charge >= 0.3 is 17.9 Å². The molecule has 53 heavy (non-hydrogen) atoms. The van der Waals surface area contributed by atoms with E-state index in [1.807, 2.05) is 57.6 Å². The first-order chi connectivity index (χ1) is 25.6. The molecule has 0 aliphatic heterocycles. The van der Waals surface area contributed by atoms with Crippen molar-refractivity contribution in [3.8, 4) is 0 Å². The molecule has 2 atom stereocenters. The number of allylic oxidation sites excluding steroid dienone is 10. The van der Waals surface area contributed by atoms with Gasteiger partial charge in [0.2, 0.25) is 0 Å². The van der Waals surface area contributed by atoms with Gasteiger partial charge in [-0.15, -0.1) is 0 Å². The Bertz CT molecular complexity index is 1050. The molecule has 0 saturated carbocycles. The fraction of sp³-hybridized carbons (Fsp3) is 0.711. The van der Waals surface area contributed by atoms with E-state index in [-0.39, 0.29) is 42.7 Å². The number of carboxylic acids is 1. The Hall–Kier alpha value is -2.97. The summed E-state index contributed by atoms with van der Waals surface area (Å²) in [5.41, 5.74) is 0. The van der Waals surface area contributed by atoms with Gasteiger partial charge in [0.15, 0.2) is 12.1 Å². The number of carbonyl (C=O) groups excluding carboxylic acids is 2. The van der Waals surface area contributed by atoms with Gasteiger partial charge in [-0.1, -0.05) is 139 Å². The van der Waals surface area contributed by atoms with Crippen molar-refractivity contribution in [3.63, 3.8) is 0 Å². The maximum absolute atomic E-state index is 12.7. The number of nitrogens with zero attached hydrogens (tertiary/aromatic N) is 1. The van der Waals surface area contributed by atoms with Crippen molar-refractivity contribution in [2.24, 2.45) is 0 Å². The van der Waals surface area contributed by atoms with E-state index >= 15 is 0 Å². The maximum atomic E-state index is 12.7. The second kappa shape index (κ2) is 36.0. The Morgan fingerprint density at radius 2 is 1.08 bits per heavy atom. The van der Waals surface area contributed by atoms with Crippen LogP contribution in [-0.2, 0) is 28.6 Å². The average molecular weight is 745 g/mol. The molecule has 0 amide bonds. The molecule has 0 spiro atoms. The van der Waals surface area contributed by atoms with Crippen LogP contribution in [-0.4, -0.2) is 80.6 Å². The summed E-state index contributed by atoms with van der Waals surface area (Å²) in [5, 5.41) is 9.60. The molecule has 0 bridgehead atoms. The van der Waals surface area contributed by atoms with Crippen molar-refractivity contribution < 1.29 is 38.2 Å². The van der Waals surface area contributed by atoms with Gasteiger partial charge < -0.3 is 23.8 Å². The van der Waals surface area contributed by atoms with Gasteiger partial charge in [-0.25, -0.2) is 4.79 Å². The van der Waals surface area contributed by atoms with Gasteiger partial charge in [0.05, 0.1) is 34.4 Å². The molecular weight excluding hydrogens is 666 g/mol. The molecule has 8 heteroatoms. The van der Waals surface area contributed by atoms with Gasteiger partial charge in [0, 0.05) is 19.3 Å². The second-order valence-corrected chi connectivity index (χ2v) is 15.0. The highest BCUT2D eigenvalue weighted by molar-refractivity contribution is 5.72. The van der Waals surface area contributed by atoms with Crippen LogP contribution in [0.5, 0.6) is 0 Å². The van der Waals surface area contributed by atoms with Crippen LogP contribution in [0.3, 0.4) is 0 Å². The Kier molecular flexibility index (Phi) is 34.0. The smallest absolute Gasteiger partial charge is 0.362 e. The summed E-state index contributed by atoms with van der Waals surface area (Å²) in [4.78, 5) is 36.9. The van der Waals surface area contributed by atoms with Gasteiger partial charge in [0.25, 0.3) is 0 Å². The summed E-state index contributed by atoms with van der Waals surface area (Å²) in [6.07, 6.45) is 42.7. The highest BCUT2D eigenvalue weighted by atomic mass is 16.6. The molecule has 2 unspecified atom stereocenters. The lowest BCUT2D eigenvalue weighted by Crippen LogP contribution is -2.50. The number of aliphatic carboxylic acids is 1. The Morgan fingerprint density at radius 1 is 0.585 bits per heavy atom. The molecule has 0 aromatic rings. The van der Waals surface area contributed by atoms with E-state index in [2.05, 4.69) is 38.2 Å². The molecule has 0 aromatic carbocycles. The van der Waals surface area contributed by atoms with Gasteiger partial charge in [-0.2, -0.15) is 0 Å². The van der Waals surface area contributed by atoms with Crippen LogP contribution in [0.25, 0.3) is 0 Å². The number of carbonyl (C=O) groups is 3. The van der Waals surface area contributed by atoms with Gasteiger partial charge in [0.1, 0.15) is 6.61 Å². The largest absolute Gasteiger partial charge is 0.477 e. The maximum Gasteiger partial charge on any atom is 0.362 e. The molecule has 0 aromatic heterocycles. The van der Waals surface area contributed by atoms with Crippen molar-refractivity contribution in [1.82, 2.24) is 0 Å². The summed E-state index contributed by atoms with van der Waals surface area (Å²) in [5.74, 6) is -1.54. The number of hydrogen-bond acceptors (Lipinski definition) is 6. The molecule has 0 saturated heterocycles. The summed E-state index contributed by atoms with van der Waals surface area (Å²) in [7, 11) is 5.50. The summed E-state index contributed by atoms with van der Waals surface area (Å²) in [6.45, 7) is 4.52. The number of unbranched alkanes of at least 4 members (excludes halogenated alkanes) is 15. The first-order valence-electron chi connectivity index (χ1n) is 20.9. The zero-order valence-electron chi connectivity index (χ0n) is 34.4. The molecule has 0 fully saturated rings. The van der Waals surface area contributed by atoms with Crippen LogP contribution in [0.4, 0.5) is 0 Å². The third-order valence-corrected chi connectivity index (χ3v) is 9.00. The number of quaternary nitrogens is 1. The van der Waals surface area contributed by atoms with E-state index in [0.29, 0.717) is 19.3 Å². The lowest BCUT2D eigenvalue weighted by Gasteiger charge is -2.31. The topological polar surface area (TPSA) is 99.1 Å².